The van der Waals surface area contributed by atoms with Crippen molar-refractivity contribution >= 4 is 29.0 Å². The van der Waals surface area contributed by atoms with E-state index in [9.17, 15) is 10.1 Å². The highest BCUT2D eigenvalue weighted by Gasteiger charge is 2.42. The number of allylic oxidation sites excluding steroid dienone is 3. The molecule has 3 aliphatic rings. The molecule has 38 heavy (non-hydrogen) atoms. The molecule has 4 rings (SSSR count). The molecule has 1 heterocycles. The molecule has 202 valence electrons. The predicted octanol–water partition coefficient (Wildman–Crippen LogP) is 8.30. The van der Waals surface area contributed by atoms with Gasteiger partial charge in [0.05, 0.1) is 34.5 Å². The van der Waals surface area contributed by atoms with E-state index in [1.807, 2.05) is 30.4 Å². The number of carbonyl (C=O) groups is 1. The van der Waals surface area contributed by atoms with Crippen molar-refractivity contribution in [3.8, 4) is 6.07 Å². The van der Waals surface area contributed by atoms with Crippen molar-refractivity contribution in [3.63, 3.8) is 0 Å². The van der Waals surface area contributed by atoms with Crippen LogP contribution >= 0.6 is 11.6 Å². The third-order valence-corrected chi connectivity index (χ3v) is 8.37. The number of carbonyl (C=O) groups excluding carboxylic acids is 1. The van der Waals surface area contributed by atoms with Crippen molar-refractivity contribution in [3.05, 3.63) is 64.7 Å². The van der Waals surface area contributed by atoms with Gasteiger partial charge < -0.3 is 4.74 Å². The Morgan fingerprint density at radius 3 is 2.74 bits per heavy atom. The van der Waals surface area contributed by atoms with Gasteiger partial charge in [-0.05, 0) is 62.3 Å². The molecule has 0 spiro atoms. The molecular weight excluding hydrogens is 494 g/mol. The summed E-state index contributed by atoms with van der Waals surface area (Å²) in [7, 11) is 0. The Bertz CT molecular complexity index is 1140. The van der Waals surface area contributed by atoms with Crippen LogP contribution in [0.5, 0.6) is 0 Å². The van der Waals surface area contributed by atoms with Crippen molar-refractivity contribution in [1.29, 1.82) is 5.26 Å². The van der Waals surface area contributed by atoms with Crippen LogP contribution in [0.3, 0.4) is 0 Å². The lowest BCUT2D eigenvalue weighted by atomic mass is 9.80. The molecule has 1 aliphatic heterocycles. The van der Waals surface area contributed by atoms with E-state index < -0.39 is 0 Å². The molecule has 5 nitrogen and oxygen atoms in total. The van der Waals surface area contributed by atoms with Gasteiger partial charge in [0, 0.05) is 18.1 Å². The number of anilines is 1. The molecule has 0 N–H and O–H groups in total. The van der Waals surface area contributed by atoms with Crippen LogP contribution in [-0.2, 0) is 9.53 Å². The molecular formula is C32H40ClN3O2. The maximum absolute atomic E-state index is 12.8. The summed E-state index contributed by atoms with van der Waals surface area (Å²) in [4.78, 5) is 12.8. The van der Waals surface area contributed by atoms with Crippen LogP contribution in [0.4, 0.5) is 5.69 Å². The first kappa shape index (κ1) is 28.2. The van der Waals surface area contributed by atoms with Gasteiger partial charge in [-0.1, -0.05) is 81.4 Å². The Balaban J connectivity index is 1.52. The van der Waals surface area contributed by atoms with Crippen molar-refractivity contribution in [1.82, 2.24) is 0 Å². The highest BCUT2D eigenvalue weighted by atomic mass is 35.5. The van der Waals surface area contributed by atoms with Crippen molar-refractivity contribution in [2.75, 3.05) is 11.6 Å². The average Bonchev–Trinajstić information content (AvgIpc) is 3.56. The molecule has 2 unspecified atom stereocenters. The van der Waals surface area contributed by atoms with Crippen LogP contribution in [0.25, 0.3) is 0 Å². The fourth-order valence-electron chi connectivity index (χ4n) is 6.04. The average molecular weight is 534 g/mol. The molecule has 1 aromatic rings. The normalized spacial score (nSPS) is 24.2. The molecule has 0 aromatic heterocycles. The van der Waals surface area contributed by atoms with Crippen LogP contribution < -0.4 is 5.01 Å². The van der Waals surface area contributed by atoms with E-state index in [1.54, 1.807) is 6.07 Å². The Morgan fingerprint density at radius 2 is 2.00 bits per heavy atom. The Labute approximate surface area is 232 Å². The van der Waals surface area contributed by atoms with Gasteiger partial charge in [0.25, 0.3) is 0 Å². The minimum absolute atomic E-state index is 0.262. The van der Waals surface area contributed by atoms with Crippen LogP contribution in [0.15, 0.2) is 59.3 Å². The summed E-state index contributed by atoms with van der Waals surface area (Å²) in [5.74, 6) is 0.592. The van der Waals surface area contributed by atoms with Gasteiger partial charge in [-0.15, -0.1) is 0 Å². The number of nitriles is 1. The molecule has 6 heteroatoms. The first-order valence-electron chi connectivity index (χ1n) is 14.3. The van der Waals surface area contributed by atoms with Crippen molar-refractivity contribution in [2.45, 2.75) is 90.0 Å². The largest absolute Gasteiger partial charge is 0.462 e. The summed E-state index contributed by atoms with van der Waals surface area (Å²) < 4.78 is 5.58. The SMILES string of the molecule is C=C1/C=C(C(=O)OCCCCCCC)\C=C/CC2=NN(c3ccc(C#N)c(Cl)c3)C(C3CCCC3)C2CC1. The minimum atomic E-state index is -0.277. The monoisotopic (exact) mass is 533 g/mol. The van der Waals surface area contributed by atoms with E-state index >= 15 is 0 Å². The molecule has 0 saturated heterocycles. The quantitative estimate of drug-likeness (QED) is 0.236. The minimum Gasteiger partial charge on any atom is -0.462 e. The number of esters is 1. The van der Waals surface area contributed by atoms with Gasteiger partial charge in [-0.25, -0.2) is 4.79 Å². The zero-order valence-corrected chi connectivity index (χ0v) is 23.4. The lowest BCUT2D eigenvalue weighted by molar-refractivity contribution is -0.138. The summed E-state index contributed by atoms with van der Waals surface area (Å²) in [5, 5.41) is 17.1. The van der Waals surface area contributed by atoms with Gasteiger partial charge in [0.1, 0.15) is 6.07 Å². The fourth-order valence-corrected chi connectivity index (χ4v) is 6.26. The third kappa shape index (κ3) is 6.97. The van der Waals surface area contributed by atoms with Crippen LogP contribution in [-0.4, -0.2) is 24.3 Å². The first-order valence-corrected chi connectivity index (χ1v) is 14.7. The molecule has 0 bridgehead atoms. The van der Waals surface area contributed by atoms with E-state index in [2.05, 4.69) is 24.6 Å². The molecule has 2 aliphatic carbocycles. The number of nitrogens with zero attached hydrogens (tertiary/aromatic N) is 3. The summed E-state index contributed by atoms with van der Waals surface area (Å²) in [6, 6.07) is 8.03. The number of hydrazone groups is 1. The first-order chi connectivity index (χ1) is 18.5. The summed E-state index contributed by atoms with van der Waals surface area (Å²) in [6.07, 6.45) is 18.8. The number of ether oxygens (including phenoxy) is 1. The zero-order chi connectivity index (χ0) is 26.9. The standard InChI is InChI=1S/C32H40ClN3O2/c1-3-4-5-6-9-19-38-32(37)25-13-10-14-30-28(18-15-23(2)20-25)31(24-11-7-8-12-24)36(35-30)27-17-16-26(22-34)29(33)21-27/h10,13,16-17,20-21,24,28,31H,2-9,11-12,14-15,18-19H2,1H3/b13-10-,25-20+. The predicted molar refractivity (Wildman–Crippen MR) is 155 cm³/mol. The second kappa shape index (κ2) is 13.8. The lowest BCUT2D eigenvalue weighted by Gasteiger charge is -2.33. The maximum Gasteiger partial charge on any atom is 0.338 e. The number of hydrogen-bond donors (Lipinski definition) is 0. The summed E-state index contributed by atoms with van der Waals surface area (Å²) in [6.45, 7) is 6.93. The molecule has 2 atom stereocenters. The van der Waals surface area contributed by atoms with Crippen molar-refractivity contribution < 1.29 is 9.53 Å². The molecule has 0 radical (unpaired) electrons. The molecule has 0 amide bonds. The highest BCUT2D eigenvalue weighted by Crippen LogP contribution is 2.43. The number of fused-ring (bicyclic) bond motifs is 1. The number of unbranched alkanes of at least 4 members (excludes halogenated alkanes) is 4. The molecule has 1 aromatic carbocycles. The zero-order valence-electron chi connectivity index (χ0n) is 22.6. The van der Waals surface area contributed by atoms with E-state index in [1.165, 1.54) is 44.9 Å². The van der Waals surface area contributed by atoms with Gasteiger partial charge in [0.15, 0.2) is 0 Å². The van der Waals surface area contributed by atoms with Gasteiger partial charge >= 0.3 is 5.97 Å². The summed E-state index contributed by atoms with van der Waals surface area (Å²) in [5.41, 5.74) is 4.05. The number of benzene rings is 1. The van der Waals surface area contributed by atoms with Crippen LogP contribution in [0.1, 0.15) is 89.5 Å². The van der Waals surface area contributed by atoms with Gasteiger partial charge in [-0.2, -0.15) is 10.4 Å². The van der Waals surface area contributed by atoms with Crippen molar-refractivity contribution in [2.24, 2.45) is 16.9 Å². The van der Waals surface area contributed by atoms with Crippen LogP contribution in [0.2, 0.25) is 5.02 Å². The smallest absolute Gasteiger partial charge is 0.338 e. The number of rotatable bonds is 9. The summed E-state index contributed by atoms with van der Waals surface area (Å²) >= 11 is 6.43. The highest BCUT2D eigenvalue weighted by molar-refractivity contribution is 6.32. The number of hydrogen-bond acceptors (Lipinski definition) is 5. The van der Waals surface area contributed by atoms with E-state index in [0.29, 0.717) is 41.0 Å². The second-order valence-electron chi connectivity index (χ2n) is 10.8. The Kier molecular flexibility index (Phi) is 10.2. The second-order valence-corrected chi connectivity index (χ2v) is 11.2. The van der Waals surface area contributed by atoms with Gasteiger partial charge in [0.2, 0.25) is 0 Å². The van der Waals surface area contributed by atoms with E-state index in [-0.39, 0.29) is 12.0 Å². The lowest BCUT2D eigenvalue weighted by Crippen LogP contribution is -2.39. The maximum atomic E-state index is 12.8. The fraction of sp³-hybridized carbons (Fsp3) is 0.531. The number of halogens is 1. The third-order valence-electron chi connectivity index (χ3n) is 8.06. The van der Waals surface area contributed by atoms with Crippen LogP contribution in [0, 0.1) is 23.2 Å². The topological polar surface area (TPSA) is 65.7 Å². The Hall–Kier alpha value is -2.84. The van der Waals surface area contributed by atoms with E-state index in [4.69, 9.17) is 21.4 Å². The molecule has 1 fully saturated rings. The van der Waals surface area contributed by atoms with Gasteiger partial charge in [-0.3, -0.25) is 5.01 Å². The Morgan fingerprint density at radius 1 is 1.21 bits per heavy atom. The molecule has 1 saturated carbocycles. The van der Waals surface area contributed by atoms with E-state index in [0.717, 1.165) is 42.7 Å².